The number of aromatic nitrogens is 3. The quantitative estimate of drug-likeness (QED) is 0.613. The van der Waals surface area contributed by atoms with Crippen LogP contribution in [0.1, 0.15) is 23.6 Å². The van der Waals surface area contributed by atoms with Gasteiger partial charge in [-0.1, -0.05) is 23.7 Å². The van der Waals surface area contributed by atoms with E-state index in [1.807, 2.05) is 36.4 Å². The lowest BCUT2D eigenvalue weighted by molar-refractivity contribution is -0.117. The summed E-state index contributed by atoms with van der Waals surface area (Å²) in [5.74, 6) is 1.45. The number of methoxy groups -OCH3 is 1. The predicted octanol–water partition coefficient (Wildman–Crippen LogP) is 4.21. The Morgan fingerprint density at radius 3 is 3.00 bits per heavy atom. The van der Waals surface area contributed by atoms with Gasteiger partial charge in [0.15, 0.2) is 11.5 Å². The highest BCUT2D eigenvalue weighted by Gasteiger charge is 2.29. The Bertz CT molecular complexity index is 1040. The van der Waals surface area contributed by atoms with Crippen molar-refractivity contribution < 1.29 is 14.3 Å². The van der Waals surface area contributed by atoms with E-state index in [0.717, 1.165) is 15.6 Å². The van der Waals surface area contributed by atoms with Gasteiger partial charge in [-0.25, -0.2) is 4.68 Å². The minimum absolute atomic E-state index is 0.109. The van der Waals surface area contributed by atoms with Crippen LogP contribution in [0.15, 0.2) is 47.2 Å². The molecule has 9 heteroatoms. The van der Waals surface area contributed by atoms with E-state index >= 15 is 0 Å². The molecule has 1 aromatic heterocycles. The van der Waals surface area contributed by atoms with Gasteiger partial charge in [0, 0.05) is 5.02 Å². The molecule has 1 N–H and O–H groups in total. The van der Waals surface area contributed by atoms with Gasteiger partial charge < -0.3 is 9.47 Å². The number of ether oxygens (including phenoxy) is 2. The fourth-order valence-corrected chi connectivity index (χ4v) is 3.91. The number of amides is 1. The average Bonchev–Trinajstić information content (AvgIpc) is 3.14. The number of anilines is 1. The van der Waals surface area contributed by atoms with Gasteiger partial charge in [0.25, 0.3) is 0 Å². The molecule has 7 nitrogen and oxygen atoms in total. The summed E-state index contributed by atoms with van der Waals surface area (Å²) >= 11 is 9.59. The normalized spacial score (nSPS) is 15.7. The Morgan fingerprint density at radius 2 is 2.21 bits per heavy atom. The van der Waals surface area contributed by atoms with Crippen molar-refractivity contribution in [2.45, 2.75) is 19.1 Å². The first-order valence-corrected chi connectivity index (χ1v) is 9.66. The molecule has 144 valence electrons. The van der Waals surface area contributed by atoms with Crippen LogP contribution in [0.4, 0.5) is 5.95 Å². The molecule has 0 saturated heterocycles. The number of hydrogen-bond acceptors (Lipinski definition) is 5. The molecule has 0 unspecified atom stereocenters. The molecule has 2 aromatic carbocycles. The van der Waals surface area contributed by atoms with E-state index in [0.29, 0.717) is 29.1 Å². The van der Waals surface area contributed by atoms with Gasteiger partial charge in [-0.15, -0.1) is 0 Å². The van der Waals surface area contributed by atoms with Crippen molar-refractivity contribution in [3.8, 4) is 11.5 Å². The number of halogens is 2. The minimum atomic E-state index is -0.279. The molecule has 2 heterocycles. The molecule has 1 aliphatic heterocycles. The van der Waals surface area contributed by atoms with E-state index in [4.69, 9.17) is 21.1 Å². The van der Waals surface area contributed by atoms with Gasteiger partial charge in [-0.05, 0) is 51.3 Å². The van der Waals surface area contributed by atoms with Crippen molar-refractivity contribution in [2.24, 2.45) is 0 Å². The molecule has 28 heavy (non-hydrogen) atoms. The van der Waals surface area contributed by atoms with Crippen molar-refractivity contribution in [2.75, 3.05) is 12.4 Å². The van der Waals surface area contributed by atoms with Crippen molar-refractivity contribution in [3.63, 3.8) is 0 Å². The molecule has 4 rings (SSSR count). The first kappa shape index (κ1) is 18.8. The molecule has 0 bridgehead atoms. The molecule has 1 atom stereocenters. The third-order valence-electron chi connectivity index (χ3n) is 4.41. The Labute approximate surface area is 174 Å². The molecule has 3 aromatic rings. The molecule has 0 aliphatic carbocycles. The first-order chi connectivity index (χ1) is 13.5. The van der Waals surface area contributed by atoms with Crippen LogP contribution in [0.2, 0.25) is 5.02 Å². The van der Waals surface area contributed by atoms with Crippen molar-refractivity contribution in [3.05, 3.63) is 63.3 Å². The molecule has 0 spiro atoms. The maximum atomic E-state index is 12.0. The number of nitrogens with zero attached hydrogens (tertiary/aromatic N) is 3. The van der Waals surface area contributed by atoms with Gasteiger partial charge in [-0.3, -0.25) is 10.1 Å². The summed E-state index contributed by atoms with van der Waals surface area (Å²) in [6.07, 6.45) is 1.68. The smallest absolute Gasteiger partial charge is 0.229 e. The lowest BCUT2D eigenvalue weighted by Crippen LogP contribution is -2.29. The van der Waals surface area contributed by atoms with Gasteiger partial charge in [0.2, 0.25) is 11.9 Å². The van der Waals surface area contributed by atoms with E-state index in [1.165, 1.54) is 6.33 Å². The zero-order chi connectivity index (χ0) is 19.7. The lowest BCUT2D eigenvalue weighted by atomic mass is 10.0. The van der Waals surface area contributed by atoms with Crippen LogP contribution in [0.25, 0.3) is 0 Å². The Hall–Kier alpha value is -2.58. The molecular formula is C19H16BrClN4O3. The van der Waals surface area contributed by atoms with Gasteiger partial charge in [0.05, 0.1) is 24.0 Å². The fraction of sp³-hybridized carbons (Fsp3) is 0.211. The van der Waals surface area contributed by atoms with E-state index in [2.05, 4.69) is 31.3 Å². The van der Waals surface area contributed by atoms with Crippen LogP contribution >= 0.6 is 27.5 Å². The Balaban J connectivity index is 1.64. The van der Waals surface area contributed by atoms with Crippen LogP contribution in [-0.4, -0.2) is 27.8 Å². The van der Waals surface area contributed by atoms with Gasteiger partial charge in [-0.2, -0.15) is 10.1 Å². The van der Waals surface area contributed by atoms with Crippen LogP contribution in [0.3, 0.4) is 0 Å². The maximum absolute atomic E-state index is 12.0. The van der Waals surface area contributed by atoms with E-state index in [9.17, 15) is 4.79 Å². The Morgan fingerprint density at radius 1 is 1.36 bits per heavy atom. The van der Waals surface area contributed by atoms with Crippen LogP contribution in [-0.2, 0) is 11.4 Å². The number of benzene rings is 2. The van der Waals surface area contributed by atoms with Gasteiger partial charge in [0.1, 0.15) is 12.9 Å². The molecular weight excluding hydrogens is 448 g/mol. The van der Waals surface area contributed by atoms with E-state index in [1.54, 1.807) is 11.8 Å². The summed E-state index contributed by atoms with van der Waals surface area (Å²) in [4.78, 5) is 16.1. The highest BCUT2D eigenvalue weighted by atomic mass is 79.9. The predicted molar refractivity (Wildman–Crippen MR) is 108 cm³/mol. The monoisotopic (exact) mass is 462 g/mol. The maximum Gasteiger partial charge on any atom is 0.229 e. The van der Waals surface area contributed by atoms with Crippen LogP contribution in [0, 0.1) is 0 Å². The second kappa shape index (κ2) is 7.81. The molecule has 1 amide bonds. The zero-order valence-electron chi connectivity index (χ0n) is 14.9. The minimum Gasteiger partial charge on any atom is -0.493 e. The van der Waals surface area contributed by atoms with Gasteiger partial charge >= 0.3 is 0 Å². The largest absolute Gasteiger partial charge is 0.493 e. The molecule has 0 fully saturated rings. The zero-order valence-corrected chi connectivity index (χ0v) is 17.2. The SMILES string of the molecule is COc1cc([C@@H]2CC(=O)Nc3ncnn32)cc(Br)c1OCc1cccc(Cl)c1. The Kier molecular flexibility index (Phi) is 5.23. The first-order valence-electron chi connectivity index (χ1n) is 8.49. The average molecular weight is 464 g/mol. The van der Waals surface area contributed by atoms with E-state index < -0.39 is 0 Å². The standard InChI is InChI=1S/C19H16BrClN4O3/c1-27-16-7-12(15-8-17(26)24-19-22-10-23-25(15)19)6-14(20)18(16)28-9-11-3-2-4-13(21)5-11/h2-7,10,15H,8-9H2,1H3,(H,22,23,24,26)/t15-/m0/s1. The summed E-state index contributed by atoms with van der Waals surface area (Å²) in [6.45, 7) is 0.341. The second-order valence-corrected chi connectivity index (χ2v) is 7.54. The third kappa shape index (κ3) is 3.70. The number of rotatable bonds is 5. The summed E-state index contributed by atoms with van der Waals surface area (Å²) in [7, 11) is 1.58. The molecule has 0 radical (unpaired) electrons. The molecule has 0 saturated carbocycles. The van der Waals surface area contributed by atoms with Crippen molar-refractivity contribution in [1.29, 1.82) is 0 Å². The number of hydrogen-bond donors (Lipinski definition) is 1. The van der Waals surface area contributed by atoms with Crippen LogP contribution in [0.5, 0.6) is 11.5 Å². The summed E-state index contributed by atoms with van der Waals surface area (Å²) in [5.41, 5.74) is 1.81. The van der Waals surface area contributed by atoms with Crippen LogP contribution < -0.4 is 14.8 Å². The summed E-state index contributed by atoms with van der Waals surface area (Å²) in [5, 5.41) is 7.60. The second-order valence-electron chi connectivity index (χ2n) is 6.25. The lowest BCUT2D eigenvalue weighted by Gasteiger charge is -2.25. The third-order valence-corrected chi connectivity index (χ3v) is 5.23. The highest BCUT2D eigenvalue weighted by Crippen LogP contribution is 2.41. The summed E-state index contributed by atoms with van der Waals surface area (Å²) in [6, 6.07) is 11.0. The number of fused-ring (bicyclic) bond motifs is 1. The number of carbonyl (C=O) groups excluding carboxylic acids is 1. The summed E-state index contributed by atoms with van der Waals surface area (Å²) < 4.78 is 13.9. The topological polar surface area (TPSA) is 78.3 Å². The van der Waals surface area contributed by atoms with Crippen molar-refractivity contribution in [1.82, 2.24) is 14.8 Å². The van der Waals surface area contributed by atoms with Crippen molar-refractivity contribution >= 4 is 39.4 Å². The fourth-order valence-electron chi connectivity index (χ4n) is 3.12. The number of carbonyl (C=O) groups is 1. The van der Waals surface area contributed by atoms with E-state index in [-0.39, 0.29) is 18.4 Å². The highest BCUT2D eigenvalue weighted by molar-refractivity contribution is 9.10. The molecule has 1 aliphatic rings. The number of nitrogens with one attached hydrogen (secondary N) is 1.